The summed E-state index contributed by atoms with van der Waals surface area (Å²) in [5.41, 5.74) is 3.07. The van der Waals surface area contributed by atoms with Gasteiger partial charge in [0.15, 0.2) is 9.84 Å². The Morgan fingerprint density at radius 2 is 0.760 bits per heavy atom. The Hall–Kier alpha value is -5.23. The van der Waals surface area contributed by atoms with Gasteiger partial charge < -0.3 is 9.47 Å². The lowest BCUT2D eigenvalue weighted by Crippen LogP contribution is -2.05. The Morgan fingerprint density at radius 1 is 0.420 bits per heavy atom. The number of ether oxygens (including phenoxy) is 2. The summed E-state index contributed by atoms with van der Waals surface area (Å²) in [4.78, 5) is 0.704. The van der Waals surface area contributed by atoms with E-state index >= 15 is 0 Å². The molecule has 0 bridgehead atoms. The van der Waals surface area contributed by atoms with Crippen molar-refractivity contribution >= 4 is 29.5 Å². The third-order valence-corrected chi connectivity index (χ3v) is 13.3. The first-order chi connectivity index (χ1) is 23.8. The maximum atomic E-state index is 13.4. The molecule has 8 nitrogen and oxygen atoms in total. The van der Waals surface area contributed by atoms with Crippen molar-refractivity contribution in [2.75, 3.05) is 7.11 Å². The standard InChI is InChI=1S/C39H32O8S3/c1-28-3-17-36(18-4-28)49(42,43)37-19-7-30(8-20-37)31-9-21-38(22-10-31)50(44,45)39-25-15-34(16-26-39)47-33-13-23-35(24-14-33)48(40,41)27-29-5-11-32(46-2)12-6-29/h3-26H,27H2,1-2H3. The van der Waals surface area contributed by atoms with Crippen LogP contribution in [0.4, 0.5) is 0 Å². The van der Waals surface area contributed by atoms with Crippen molar-refractivity contribution in [3.63, 3.8) is 0 Å². The second kappa shape index (κ2) is 13.9. The summed E-state index contributed by atoms with van der Waals surface area (Å²) >= 11 is 0. The molecule has 6 aromatic rings. The second-order valence-corrected chi connectivity index (χ2v) is 17.4. The maximum Gasteiger partial charge on any atom is 0.206 e. The smallest absolute Gasteiger partial charge is 0.206 e. The highest BCUT2D eigenvalue weighted by atomic mass is 32.2. The molecule has 0 aromatic heterocycles. The first-order valence-corrected chi connectivity index (χ1v) is 20.0. The summed E-state index contributed by atoms with van der Waals surface area (Å²) < 4.78 is 89.6. The van der Waals surface area contributed by atoms with Gasteiger partial charge in [-0.15, -0.1) is 0 Å². The maximum absolute atomic E-state index is 13.4. The van der Waals surface area contributed by atoms with Crippen LogP contribution in [0.5, 0.6) is 17.2 Å². The largest absolute Gasteiger partial charge is 0.497 e. The topological polar surface area (TPSA) is 121 Å². The molecule has 0 spiro atoms. The van der Waals surface area contributed by atoms with Gasteiger partial charge in [-0.2, -0.15) is 0 Å². The lowest BCUT2D eigenvalue weighted by molar-refractivity contribution is 0.414. The molecule has 0 unspecified atom stereocenters. The Morgan fingerprint density at radius 3 is 1.16 bits per heavy atom. The normalized spacial score (nSPS) is 12.0. The first-order valence-electron chi connectivity index (χ1n) is 15.4. The van der Waals surface area contributed by atoms with Gasteiger partial charge in [-0.05, 0) is 121 Å². The Balaban J connectivity index is 1.10. The van der Waals surface area contributed by atoms with Crippen LogP contribution in [0, 0.1) is 6.92 Å². The molecule has 0 saturated heterocycles. The molecule has 0 saturated carbocycles. The molecule has 254 valence electrons. The van der Waals surface area contributed by atoms with E-state index < -0.39 is 29.5 Å². The van der Waals surface area contributed by atoms with E-state index in [2.05, 4.69) is 0 Å². The highest BCUT2D eigenvalue weighted by molar-refractivity contribution is 7.92. The minimum atomic E-state index is -3.85. The Bertz CT molecular complexity index is 2440. The molecule has 0 fully saturated rings. The number of hydrogen-bond acceptors (Lipinski definition) is 8. The molecule has 11 heteroatoms. The monoisotopic (exact) mass is 724 g/mol. The molecule has 0 aliphatic carbocycles. The highest BCUT2D eigenvalue weighted by Crippen LogP contribution is 2.30. The molecule has 0 atom stereocenters. The summed E-state index contributed by atoms with van der Waals surface area (Å²) in [7, 11) is -9.56. The number of hydrogen-bond donors (Lipinski definition) is 0. The zero-order valence-corrected chi connectivity index (χ0v) is 29.5. The van der Waals surface area contributed by atoms with Gasteiger partial charge in [0.2, 0.25) is 19.7 Å². The van der Waals surface area contributed by atoms with Gasteiger partial charge in [0.25, 0.3) is 0 Å². The predicted molar refractivity (Wildman–Crippen MR) is 191 cm³/mol. The van der Waals surface area contributed by atoms with E-state index in [0.717, 1.165) is 16.7 Å². The number of methoxy groups -OCH3 is 1. The Kier molecular flexibility index (Phi) is 9.66. The van der Waals surface area contributed by atoms with Gasteiger partial charge >= 0.3 is 0 Å². The lowest BCUT2D eigenvalue weighted by Gasteiger charge is -2.10. The van der Waals surface area contributed by atoms with E-state index in [4.69, 9.17) is 9.47 Å². The highest BCUT2D eigenvalue weighted by Gasteiger charge is 2.20. The summed E-state index contributed by atoms with van der Waals surface area (Å²) in [5, 5.41) is 0. The Labute approximate surface area is 292 Å². The molecule has 0 radical (unpaired) electrons. The SMILES string of the molecule is COc1ccc(CS(=O)(=O)c2ccc(Oc3ccc(S(=O)(=O)c4ccc(-c5ccc(S(=O)(=O)c6ccc(C)cc6)cc5)cc4)cc3)cc2)cc1. The van der Waals surface area contributed by atoms with Crippen LogP contribution >= 0.6 is 0 Å². The average molecular weight is 725 g/mol. The van der Waals surface area contributed by atoms with Crippen molar-refractivity contribution in [3.8, 4) is 28.4 Å². The van der Waals surface area contributed by atoms with Crippen LogP contribution in [0.25, 0.3) is 11.1 Å². The summed E-state index contributed by atoms with van der Waals surface area (Å²) in [5.74, 6) is 1.24. The molecule has 0 aliphatic rings. The lowest BCUT2D eigenvalue weighted by atomic mass is 10.1. The van der Waals surface area contributed by atoms with Crippen LogP contribution in [0.2, 0.25) is 0 Å². The van der Waals surface area contributed by atoms with Crippen molar-refractivity contribution in [1.82, 2.24) is 0 Å². The van der Waals surface area contributed by atoms with Crippen LogP contribution in [0.3, 0.4) is 0 Å². The fourth-order valence-electron chi connectivity index (χ4n) is 5.21. The van der Waals surface area contributed by atoms with Crippen molar-refractivity contribution in [3.05, 3.63) is 157 Å². The quantitative estimate of drug-likeness (QED) is 0.131. The molecule has 0 amide bonds. The van der Waals surface area contributed by atoms with Gasteiger partial charge in [-0.25, -0.2) is 25.3 Å². The molecule has 50 heavy (non-hydrogen) atoms. The van der Waals surface area contributed by atoms with Gasteiger partial charge in [0.05, 0.1) is 37.3 Å². The summed E-state index contributed by atoms with van der Waals surface area (Å²) in [6, 6.07) is 38.3. The van der Waals surface area contributed by atoms with Gasteiger partial charge in [-0.1, -0.05) is 54.1 Å². The van der Waals surface area contributed by atoms with Crippen molar-refractivity contribution in [1.29, 1.82) is 0 Å². The number of rotatable bonds is 11. The molecule has 6 rings (SSSR count). The van der Waals surface area contributed by atoms with E-state index in [1.807, 2.05) is 6.92 Å². The van der Waals surface area contributed by atoms with Crippen molar-refractivity contribution in [2.24, 2.45) is 0 Å². The number of aryl methyl sites for hydroxylation is 1. The molecule has 6 aromatic carbocycles. The molecular formula is C39H32O8S3. The van der Waals surface area contributed by atoms with Gasteiger partial charge in [0.1, 0.15) is 17.2 Å². The second-order valence-electron chi connectivity index (χ2n) is 11.5. The zero-order chi connectivity index (χ0) is 35.5. The van der Waals surface area contributed by atoms with Crippen molar-refractivity contribution < 1.29 is 34.7 Å². The minimum absolute atomic E-state index is 0.0724. The van der Waals surface area contributed by atoms with Crippen LogP contribution in [0.15, 0.2) is 170 Å². The fourth-order valence-corrected chi connectivity index (χ4v) is 9.08. The summed E-state index contributed by atoms with van der Waals surface area (Å²) in [6.07, 6.45) is 0. The van der Waals surface area contributed by atoms with E-state index in [9.17, 15) is 25.3 Å². The van der Waals surface area contributed by atoms with E-state index in [-0.39, 0.29) is 30.2 Å². The van der Waals surface area contributed by atoms with E-state index in [0.29, 0.717) is 22.8 Å². The van der Waals surface area contributed by atoms with Gasteiger partial charge in [-0.3, -0.25) is 0 Å². The molecular weight excluding hydrogens is 693 g/mol. The molecule has 0 heterocycles. The number of benzene rings is 6. The fraction of sp³-hybridized carbons (Fsp3) is 0.0769. The molecule has 0 aliphatic heterocycles. The van der Waals surface area contributed by atoms with Crippen LogP contribution in [0.1, 0.15) is 11.1 Å². The average Bonchev–Trinajstić information content (AvgIpc) is 3.12. The van der Waals surface area contributed by atoms with Crippen molar-refractivity contribution in [2.45, 2.75) is 37.2 Å². The third kappa shape index (κ3) is 7.50. The minimum Gasteiger partial charge on any atom is -0.497 e. The predicted octanol–water partition coefficient (Wildman–Crippen LogP) is 8.10. The molecule has 0 N–H and O–H groups in total. The van der Waals surface area contributed by atoms with E-state index in [1.165, 1.54) is 48.5 Å². The third-order valence-electron chi connectivity index (χ3n) is 8.06. The van der Waals surface area contributed by atoms with Gasteiger partial charge in [0, 0.05) is 0 Å². The first kappa shape index (κ1) is 34.6. The summed E-state index contributed by atoms with van der Waals surface area (Å²) in [6.45, 7) is 1.89. The van der Waals surface area contributed by atoms with Crippen LogP contribution in [-0.2, 0) is 35.3 Å². The number of sulfone groups is 3. The zero-order valence-electron chi connectivity index (χ0n) is 27.1. The van der Waals surface area contributed by atoms with E-state index in [1.54, 1.807) is 104 Å². The van der Waals surface area contributed by atoms with Crippen LogP contribution < -0.4 is 9.47 Å². The van der Waals surface area contributed by atoms with Crippen LogP contribution in [-0.4, -0.2) is 32.4 Å².